The lowest BCUT2D eigenvalue weighted by atomic mass is 10.3. The molecule has 0 unspecified atom stereocenters. The first kappa shape index (κ1) is 16.0. The third-order valence-corrected chi connectivity index (χ3v) is 5.22. The van der Waals surface area contributed by atoms with E-state index in [0.29, 0.717) is 24.0 Å². The fourth-order valence-corrected chi connectivity index (χ4v) is 3.80. The van der Waals surface area contributed by atoms with E-state index >= 15 is 0 Å². The summed E-state index contributed by atoms with van der Waals surface area (Å²) >= 11 is 3.24. The lowest BCUT2D eigenvalue weighted by Crippen LogP contribution is -2.26. The zero-order valence-electron chi connectivity index (χ0n) is 11.3. The molecule has 2 rings (SSSR count). The van der Waals surface area contributed by atoms with Crippen molar-refractivity contribution in [2.45, 2.75) is 11.3 Å². The van der Waals surface area contributed by atoms with Gasteiger partial charge >= 0.3 is 0 Å². The van der Waals surface area contributed by atoms with Crippen LogP contribution in [0.3, 0.4) is 0 Å². The van der Waals surface area contributed by atoms with Gasteiger partial charge < -0.3 is 4.74 Å². The van der Waals surface area contributed by atoms with Crippen molar-refractivity contribution < 1.29 is 13.2 Å². The standard InChI is InChI=1S/C15H16BrNO3S/c16-14-9-4-5-10-15(14)21(18,19)17-11-6-12-20-13-7-2-1-3-8-13/h1-5,7-10,17H,6,11-12H2. The largest absolute Gasteiger partial charge is 0.494 e. The highest BCUT2D eigenvalue weighted by atomic mass is 79.9. The summed E-state index contributed by atoms with van der Waals surface area (Å²) in [5.74, 6) is 0.783. The molecule has 0 saturated heterocycles. The first-order chi connectivity index (χ1) is 10.1. The lowest BCUT2D eigenvalue weighted by molar-refractivity contribution is 0.311. The Bertz CT molecular complexity index is 674. The minimum absolute atomic E-state index is 0.244. The Balaban J connectivity index is 1.79. The molecule has 0 saturated carbocycles. The van der Waals surface area contributed by atoms with Gasteiger partial charge in [-0.15, -0.1) is 0 Å². The first-order valence-electron chi connectivity index (χ1n) is 6.51. The van der Waals surface area contributed by atoms with Gasteiger partial charge in [0.05, 0.1) is 11.5 Å². The van der Waals surface area contributed by atoms with Gasteiger partial charge in [0.1, 0.15) is 5.75 Å². The van der Waals surface area contributed by atoms with Crippen LogP contribution < -0.4 is 9.46 Å². The van der Waals surface area contributed by atoms with E-state index in [2.05, 4.69) is 20.7 Å². The molecule has 0 fully saturated rings. The normalized spacial score (nSPS) is 11.3. The smallest absolute Gasteiger partial charge is 0.241 e. The van der Waals surface area contributed by atoms with Crippen molar-refractivity contribution in [1.29, 1.82) is 0 Å². The molecular weight excluding hydrogens is 354 g/mol. The number of nitrogens with one attached hydrogen (secondary N) is 1. The maximum atomic E-state index is 12.1. The number of ether oxygens (including phenoxy) is 1. The molecule has 0 aliphatic heterocycles. The number of hydrogen-bond acceptors (Lipinski definition) is 3. The third-order valence-electron chi connectivity index (χ3n) is 2.75. The Hall–Kier alpha value is -1.37. The summed E-state index contributed by atoms with van der Waals surface area (Å²) in [6.07, 6.45) is 0.596. The van der Waals surface area contributed by atoms with Crippen LogP contribution in [0.15, 0.2) is 64.0 Å². The van der Waals surface area contributed by atoms with Crippen LogP contribution >= 0.6 is 15.9 Å². The molecule has 4 nitrogen and oxygen atoms in total. The van der Waals surface area contributed by atoms with Crippen molar-refractivity contribution >= 4 is 26.0 Å². The average Bonchev–Trinajstić information content (AvgIpc) is 2.48. The second-order valence-corrected chi connectivity index (χ2v) is 6.93. The molecule has 112 valence electrons. The predicted octanol–water partition coefficient (Wildman–Crippen LogP) is 3.20. The van der Waals surface area contributed by atoms with E-state index in [4.69, 9.17) is 4.74 Å². The molecule has 0 bridgehead atoms. The summed E-state index contributed by atoms with van der Waals surface area (Å²) in [5, 5.41) is 0. The highest BCUT2D eigenvalue weighted by molar-refractivity contribution is 9.10. The summed E-state index contributed by atoms with van der Waals surface area (Å²) in [4.78, 5) is 0.244. The van der Waals surface area contributed by atoms with Gasteiger partial charge in [-0.3, -0.25) is 0 Å². The summed E-state index contributed by atoms with van der Waals surface area (Å²) in [6.45, 7) is 0.791. The molecule has 0 amide bonds. The Kier molecular flexibility index (Phi) is 5.78. The number of halogens is 1. The predicted molar refractivity (Wildman–Crippen MR) is 85.9 cm³/mol. The molecule has 2 aromatic carbocycles. The third kappa shape index (κ3) is 4.84. The van der Waals surface area contributed by atoms with Crippen LogP contribution in [0.2, 0.25) is 0 Å². The monoisotopic (exact) mass is 369 g/mol. The fourth-order valence-electron chi connectivity index (χ4n) is 1.73. The molecule has 0 aliphatic rings. The average molecular weight is 370 g/mol. The maximum absolute atomic E-state index is 12.1. The van der Waals surface area contributed by atoms with Crippen molar-refractivity contribution in [3.63, 3.8) is 0 Å². The van der Waals surface area contributed by atoms with Gasteiger partial charge in [-0.2, -0.15) is 0 Å². The molecule has 21 heavy (non-hydrogen) atoms. The quantitative estimate of drug-likeness (QED) is 0.762. The number of para-hydroxylation sites is 1. The van der Waals surface area contributed by atoms with E-state index in [-0.39, 0.29) is 4.90 Å². The van der Waals surface area contributed by atoms with Crippen molar-refractivity contribution in [3.8, 4) is 5.75 Å². The van der Waals surface area contributed by atoms with E-state index in [1.807, 2.05) is 30.3 Å². The highest BCUT2D eigenvalue weighted by Gasteiger charge is 2.15. The Morgan fingerprint density at radius 1 is 1.00 bits per heavy atom. The molecule has 1 N–H and O–H groups in total. The second kappa shape index (κ2) is 7.59. The van der Waals surface area contributed by atoms with E-state index in [1.54, 1.807) is 24.3 Å². The molecule has 0 spiro atoms. The maximum Gasteiger partial charge on any atom is 0.241 e. The molecule has 0 heterocycles. The van der Waals surface area contributed by atoms with Gasteiger partial charge in [0.2, 0.25) is 10.0 Å². The summed E-state index contributed by atoms with van der Waals surface area (Å²) < 4.78 is 32.8. The number of benzene rings is 2. The second-order valence-electron chi connectivity index (χ2n) is 4.34. The SMILES string of the molecule is O=S(=O)(NCCCOc1ccccc1)c1ccccc1Br. The Labute approximate surface area is 133 Å². The van der Waals surface area contributed by atoms with Crippen LogP contribution in [0.1, 0.15) is 6.42 Å². The highest BCUT2D eigenvalue weighted by Crippen LogP contribution is 2.20. The molecule has 0 aromatic heterocycles. The Morgan fingerprint density at radius 3 is 2.38 bits per heavy atom. The molecular formula is C15H16BrNO3S. The number of hydrogen-bond donors (Lipinski definition) is 1. The minimum atomic E-state index is -3.49. The molecule has 2 aromatic rings. The minimum Gasteiger partial charge on any atom is -0.494 e. The zero-order valence-corrected chi connectivity index (χ0v) is 13.7. The Morgan fingerprint density at radius 2 is 1.67 bits per heavy atom. The van der Waals surface area contributed by atoms with E-state index < -0.39 is 10.0 Å². The van der Waals surface area contributed by atoms with E-state index in [1.165, 1.54) is 0 Å². The van der Waals surface area contributed by atoms with Crippen LogP contribution in [-0.4, -0.2) is 21.6 Å². The van der Waals surface area contributed by atoms with Crippen LogP contribution in [-0.2, 0) is 10.0 Å². The van der Waals surface area contributed by atoms with Gasteiger partial charge in [0.15, 0.2) is 0 Å². The van der Waals surface area contributed by atoms with Gasteiger partial charge in [-0.25, -0.2) is 13.1 Å². The fraction of sp³-hybridized carbons (Fsp3) is 0.200. The van der Waals surface area contributed by atoms with Gasteiger partial charge in [-0.1, -0.05) is 30.3 Å². The van der Waals surface area contributed by atoms with E-state index in [0.717, 1.165) is 5.75 Å². The van der Waals surface area contributed by atoms with Gasteiger partial charge in [-0.05, 0) is 46.6 Å². The molecule has 0 radical (unpaired) electrons. The van der Waals surface area contributed by atoms with Crippen LogP contribution in [0.5, 0.6) is 5.75 Å². The zero-order chi connectivity index (χ0) is 15.1. The van der Waals surface area contributed by atoms with Gasteiger partial charge in [0, 0.05) is 11.0 Å². The summed E-state index contributed by atoms with van der Waals surface area (Å²) in [5.41, 5.74) is 0. The van der Waals surface area contributed by atoms with Crippen molar-refractivity contribution in [2.24, 2.45) is 0 Å². The van der Waals surface area contributed by atoms with Crippen molar-refractivity contribution in [2.75, 3.05) is 13.2 Å². The number of sulfonamides is 1. The first-order valence-corrected chi connectivity index (χ1v) is 8.79. The van der Waals surface area contributed by atoms with Crippen LogP contribution in [0.25, 0.3) is 0 Å². The van der Waals surface area contributed by atoms with E-state index in [9.17, 15) is 8.42 Å². The molecule has 6 heteroatoms. The van der Waals surface area contributed by atoms with Crippen molar-refractivity contribution in [1.82, 2.24) is 4.72 Å². The topological polar surface area (TPSA) is 55.4 Å². The summed E-state index contributed by atoms with van der Waals surface area (Å²) in [6, 6.07) is 16.2. The van der Waals surface area contributed by atoms with Crippen LogP contribution in [0, 0.1) is 0 Å². The molecule has 0 aliphatic carbocycles. The van der Waals surface area contributed by atoms with Crippen molar-refractivity contribution in [3.05, 3.63) is 59.1 Å². The van der Waals surface area contributed by atoms with Gasteiger partial charge in [0.25, 0.3) is 0 Å². The number of rotatable bonds is 7. The molecule has 0 atom stereocenters. The lowest BCUT2D eigenvalue weighted by Gasteiger charge is -2.09. The van der Waals surface area contributed by atoms with Crippen LogP contribution in [0.4, 0.5) is 0 Å². The summed E-state index contributed by atoms with van der Waals surface area (Å²) in [7, 11) is -3.49.